The van der Waals surface area contributed by atoms with Gasteiger partial charge in [-0.05, 0) is 12.1 Å². The minimum Gasteiger partial charge on any atom is -0.378 e. The molecule has 3 aromatic rings. The van der Waals surface area contributed by atoms with E-state index in [0.29, 0.717) is 0 Å². The van der Waals surface area contributed by atoms with Crippen LogP contribution in [0.2, 0.25) is 0 Å². The lowest BCUT2D eigenvalue weighted by atomic mass is 10.2. The smallest absolute Gasteiger partial charge is 0.270 e. The highest BCUT2D eigenvalue weighted by molar-refractivity contribution is 6.01. The van der Waals surface area contributed by atoms with E-state index in [2.05, 4.69) is 15.4 Å². The van der Waals surface area contributed by atoms with E-state index in [1.165, 1.54) is 30.0 Å². The van der Waals surface area contributed by atoms with Gasteiger partial charge in [-0.2, -0.15) is 5.10 Å². The number of ether oxygens (including phenoxy) is 1. The third kappa shape index (κ3) is 3.60. The number of nitrogens with zero attached hydrogens (tertiary/aromatic N) is 3. The van der Waals surface area contributed by atoms with Crippen LogP contribution >= 0.6 is 0 Å². The summed E-state index contributed by atoms with van der Waals surface area (Å²) in [6.45, 7) is -0.160. The van der Waals surface area contributed by atoms with Gasteiger partial charge in [0.25, 0.3) is 11.8 Å². The molecule has 1 aromatic carbocycles. The molecule has 0 atom stereocenters. The topological polar surface area (TPSA) is 112 Å². The number of methoxy groups -OCH3 is 1. The van der Waals surface area contributed by atoms with Crippen molar-refractivity contribution < 1.29 is 23.1 Å². The average Bonchev–Trinajstić information content (AvgIpc) is 2.99. The van der Waals surface area contributed by atoms with Crippen LogP contribution in [0.3, 0.4) is 0 Å². The molecular formula is C17H15F2N5O3. The molecule has 0 unspecified atom stereocenters. The summed E-state index contributed by atoms with van der Waals surface area (Å²) in [5, 5.41) is 6.69. The first-order valence-electron chi connectivity index (χ1n) is 7.80. The third-order valence-electron chi connectivity index (χ3n) is 3.81. The summed E-state index contributed by atoms with van der Waals surface area (Å²) in [5.41, 5.74) is 5.96. The van der Waals surface area contributed by atoms with Crippen molar-refractivity contribution in [2.45, 2.75) is 13.2 Å². The fourth-order valence-electron chi connectivity index (χ4n) is 2.58. The molecule has 3 N–H and O–H groups in total. The van der Waals surface area contributed by atoms with Gasteiger partial charge in [0.05, 0.1) is 6.61 Å². The fraction of sp³-hybridized carbons (Fsp3) is 0.176. The Labute approximate surface area is 151 Å². The number of benzene rings is 1. The molecule has 0 radical (unpaired) electrons. The maximum absolute atomic E-state index is 13.7. The molecule has 2 amide bonds. The Bertz CT molecular complexity index is 1030. The molecule has 0 saturated heterocycles. The van der Waals surface area contributed by atoms with Crippen molar-refractivity contribution in [3.63, 3.8) is 0 Å². The summed E-state index contributed by atoms with van der Waals surface area (Å²) < 4.78 is 32.8. The minimum absolute atomic E-state index is 0.00346. The minimum atomic E-state index is -0.771. The Morgan fingerprint density at radius 2 is 2.07 bits per heavy atom. The molecule has 0 fully saturated rings. The Morgan fingerprint density at radius 1 is 1.30 bits per heavy atom. The van der Waals surface area contributed by atoms with Crippen molar-refractivity contribution in [2.75, 3.05) is 7.11 Å². The lowest BCUT2D eigenvalue weighted by molar-refractivity contribution is 0.0941. The van der Waals surface area contributed by atoms with Gasteiger partial charge in [-0.1, -0.05) is 6.07 Å². The number of hydrogen-bond acceptors (Lipinski definition) is 5. The van der Waals surface area contributed by atoms with Crippen LogP contribution in [0.1, 0.15) is 32.1 Å². The molecule has 0 aliphatic heterocycles. The van der Waals surface area contributed by atoms with Gasteiger partial charge >= 0.3 is 0 Å². The van der Waals surface area contributed by atoms with E-state index in [1.54, 1.807) is 0 Å². The molecule has 3 rings (SSSR count). The van der Waals surface area contributed by atoms with Crippen molar-refractivity contribution >= 4 is 17.5 Å². The summed E-state index contributed by atoms with van der Waals surface area (Å²) in [6, 6.07) is 4.45. The van der Waals surface area contributed by atoms with Crippen LogP contribution in [0, 0.1) is 11.6 Å². The third-order valence-corrected chi connectivity index (χ3v) is 3.81. The first-order chi connectivity index (χ1) is 12.9. The van der Waals surface area contributed by atoms with Crippen molar-refractivity contribution in [3.05, 3.63) is 64.6 Å². The second-order valence-corrected chi connectivity index (χ2v) is 5.60. The lowest BCUT2D eigenvalue weighted by Crippen LogP contribution is -2.26. The van der Waals surface area contributed by atoms with Crippen molar-refractivity contribution in [1.82, 2.24) is 19.9 Å². The Hall–Kier alpha value is -3.40. The zero-order valence-corrected chi connectivity index (χ0v) is 14.2. The van der Waals surface area contributed by atoms with Crippen LogP contribution in [0.4, 0.5) is 8.78 Å². The maximum atomic E-state index is 13.7. The quantitative estimate of drug-likeness (QED) is 0.672. The maximum Gasteiger partial charge on any atom is 0.270 e. The molecule has 0 saturated carbocycles. The van der Waals surface area contributed by atoms with E-state index in [4.69, 9.17) is 10.5 Å². The molecule has 2 heterocycles. The molecule has 0 spiro atoms. The summed E-state index contributed by atoms with van der Waals surface area (Å²) in [4.78, 5) is 28.3. The van der Waals surface area contributed by atoms with Gasteiger partial charge in [0, 0.05) is 31.5 Å². The number of fused-ring (bicyclic) bond motifs is 1. The van der Waals surface area contributed by atoms with Gasteiger partial charge in [-0.15, -0.1) is 0 Å². The zero-order valence-electron chi connectivity index (χ0n) is 14.2. The number of rotatable bonds is 6. The van der Waals surface area contributed by atoms with Crippen LogP contribution in [0.25, 0.3) is 5.65 Å². The number of carbonyl (C=O) groups is 2. The molecule has 0 bridgehead atoms. The van der Waals surface area contributed by atoms with Gasteiger partial charge in [0.2, 0.25) is 0 Å². The number of halogens is 2. The summed E-state index contributed by atoms with van der Waals surface area (Å²) in [7, 11) is 1.42. The largest absolute Gasteiger partial charge is 0.378 e. The van der Waals surface area contributed by atoms with Gasteiger partial charge < -0.3 is 15.8 Å². The molecule has 8 nitrogen and oxygen atoms in total. The molecule has 27 heavy (non-hydrogen) atoms. The second kappa shape index (κ2) is 7.46. The zero-order chi connectivity index (χ0) is 19.6. The number of nitrogens with one attached hydrogen (secondary N) is 1. The normalized spacial score (nSPS) is 10.9. The predicted molar refractivity (Wildman–Crippen MR) is 89.7 cm³/mol. The Morgan fingerprint density at radius 3 is 2.74 bits per heavy atom. The Balaban J connectivity index is 1.92. The molecule has 0 aliphatic rings. The van der Waals surface area contributed by atoms with Crippen molar-refractivity contribution in [2.24, 2.45) is 5.73 Å². The van der Waals surface area contributed by atoms with Crippen LogP contribution in [-0.2, 0) is 17.9 Å². The predicted octanol–water partition coefficient (Wildman–Crippen LogP) is 1.18. The van der Waals surface area contributed by atoms with Crippen molar-refractivity contribution in [1.29, 1.82) is 0 Å². The number of amides is 2. The molecule has 0 aliphatic carbocycles. The highest BCUT2D eigenvalue weighted by Gasteiger charge is 2.22. The SMILES string of the molecule is COCc1nn2c(C(=O)NCc3ccc(F)cc3F)ccnc2c1C(N)=O. The monoisotopic (exact) mass is 375 g/mol. The van der Waals surface area contributed by atoms with Crippen LogP contribution in [0.5, 0.6) is 0 Å². The van der Waals surface area contributed by atoms with Crippen LogP contribution in [-0.4, -0.2) is 33.5 Å². The molecular weight excluding hydrogens is 360 g/mol. The van der Waals surface area contributed by atoms with Crippen molar-refractivity contribution in [3.8, 4) is 0 Å². The average molecular weight is 375 g/mol. The van der Waals surface area contributed by atoms with Crippen LogP contribution < -0.4 is 11.1 Å². The summed E-state index contributed by atoms with van der Waals surface area (Å²) in [6.07, 6.45) is 1.33. The fourth-order valence-corrected chi connectivity index (χ4v) is 2.58. The van der Waals surface area contributed by atoms with E-state index in [-0.39, 0.29) is 41.3 Å². The highest BCUT2D eigenvalue weighted by atomic mass is 19.1. The van der Waals surface area contributed by atoms with Gasteiger partial charge in [0.1, 0.15) is 28.6 Å². The number of nitrogens with two attached hydrogens (primary N) is 1. The number of hydrogen-bond donors (Lipinski definition) is 2. The Kier molecular flexibility index (Phi) is 5.08. The van der Waals surface area contributed by atoms with E-state index >= 15 is 0 Å². The highest BCUT2D eigenvalue weighted by Crippen LogP contribution is 2.16. The summed E-state index contributed by atoms with van der Waals surface area (Å²) in [5.74, 6) is -2.82. The van der Waals surface area contributed by atoms with Gasteiger partial charge in [-0.25, -0.2) is 18.3 Å². The number of primary amides is 1. The first kappa shape index (κ1) is 18.4. The van der Waals surface area contributed by atoms with Gasteiger partial charge in [0.15, 0.2) is 5.65 Å². The lowest BCUT2D eigenvalue weighted by Gasteiger charge is -2.07. The van der Waals surface area contributed by atoms with E-state index in [1.807, 2.05) is 0 Å². The standard InChI is InChI=1S/C17H15F2N5O3/c1-27-8-12-14(15(20)25)16-21-5-4-13(24(16)23-12)17(26)22-7-9-2-3-10(18)6-11(9)19/h2-6H,7-8H2,1H3,(H2,20,25)(H,22,26). The first-order valence-corrected chi connectivity index (χ1v) is 7.80. The van der Waals surface area contributed by atoms with E-state index in [0.717, 1.165) is 12.1 Å². The summed E-state index contributed by atoms with van der Waals surface area (Å²) >= 11 is 0. The molecule has 10 heteroatoms. The number of aromatic nitrogens is 3. The van der Waals surface area contributed by atoms with E-state index in [9.17, 15) is 18.4 Å². The molecule has 140 valence electrons. The second-order valence-electron chi connectivity index (χ2n) is 5.60. The molecule has 2 aromatic heterocycles. The van der Waals surface area contributed by atoms with E-state index < -0.39 is 23.4 Å². The van der Waals surface area contributed by atoms with Crippen LogP contribution in [0.15, 0.2) is 30.5 Å². The number of carbonyl (C=O) groups excluding carboxylic acids is 2. The van der Waals surface area contributed by atoms with Gasteiger partial charge in [-0.3, -0.25) is 9.59 Å².